The third-order valence-electron chi connectivity index (χ3n) is 1.53. The standard InChI is InChI=1S/C4H10BFN2/c1-7-3-4-8(2)5(7)6/h3-4H2,1-2H3. The Bertz CT molecular complexity index is 80.1. The van der Waals surface area contributed by atoms with Crippen LogP contribution in [0.2, 0.25) is 0 Å². The molecule has 1 aliphatic rings. The number of halogens is 1. The van der Waals surface area contributed by atoms with E-state index in [0.29, 0.717) is 0 Å². The maximum absolute atomic E-state index is 12.6. The Morgan fingerprint density at radius 1 is 1.25 bits per heavy atom. The molecule has 1 fully saturated rings. The molecular weight excluding hydrogens is 106 g/mol. The summed E-state index contributed by atoms with van der Waals surface area (Å²) in [4.78, 5) is 3.36. The number of hydrogen-bond acceptors (Lipinski definition) is 2. The average Bonchev–Trinajstić information content (AvgIpc) is 1.98. The third-order valence-corrected chi connectivity index (χ3v) is 1.53. The summed E-state index contributed by atoms with van der Waals surface area (Å²) < 4.78 is 12.6. The molecule has 0 radical (unpaired) electrons. The van der Waals surface area contributed by atoms with E-state index in [4.69, 9.17) is 0 Å². The maximum Gasteiger partial charge on any atom is 0.520 e. The van der Waals surface area contributed by atoms with Gasteiger partial charge in [-0.2, -0.15) is 0 Å². The first-order chi connectivity index (χ1) is 3.72. The molecule has 0 saturated carbocycles. The lowest BCUT2D eigenvalue weighted by Gasteiger charge is -2.08. The van der Waals surface area contributed by atoms with Crippen LogP contribution in [-0.2, 0) is 0 Å². The normalized spacial score (nSPS) is 25.1. The number of hydrogen-bond donors (Lipinski definition) is 0. The van der Waals surface area contributed by atoms with Gasteiger partial charge in [-0.3, -0.25) is 4.32 Å². The SMILES string of the molecule is CN1CCN(C)B1F. The molecule has 4 heteroatoms. The van der Waals surface area contributed by atoms with Gasteiger partial charge >= 0.3 is 7.26 Å². The Labute approximate surface area is 49.4 Å². The predicted molar refractivity (Wildman–Crippen MR) is 32.1 cm³/mol. The molecule has 0 N–H and O–H groups in total. The summed E-state index contributed by atoms with van der Waals surface area (Å²) in [5.41, 5.74) is 0. The van der Waals surface area contributed by atoms with Gasteiger partial charge in [-0.15, -0.1) is 0 Å². The van der Waals surface area contributed by atoms with Gasteiger partial charge in [-0.25, -0.2) is 0 Å². The lowest BCUT2D eigenvalue weighted by Crippen LogP contribution is -2.35. The van der Waals surface area contributed by atoms with Crippen molar-refractivity contribution in [3.8, 4) is 0 Å². The molecule has 1 aliphatic heterocycles. The second-order valence-corrected chi connectivity index (χ2v) is 2.27. The van der Waals surface area contributed by atoms with Crippen molar-refractivity contribution in [3.05, 3.63) is 0 Å². The van der Waals surface area contributed by atoms with Gasteiger partial charge in [-0.05, 0) is 14.1 Å². The minimum atomic E-state index is -0.852. The molecule has 2 nitrogen and oxygen atoms in total. The molecule has 8 heavy (non-hydrogen) atoms. The van der Waals surface area contributed by atoms with Crippen LogP contribution < -0.4 is 0 Å². The highest BCUT2D eigenvalue weighted by molar-refractivity contribution is 6.45. The van der Waals surface area contributed by atoms with Crippen LogP contribution >= 0.6 is 0 Å². The van der Waals surface area contributed by atoms with Crippen LogP contribution in [0.25, 0.3) is 0 Å². The van der Waals surface area contributed by atoms with E-state index in [2.05, 4.69) is 0 Å². The number of likely N-dealkylation sites (N-methyl/N-ethyl adjacent to an activating group) is 2. The van der Waals surface area contributed by atoms with Crippen molar-refractivity contribution in [2.24, 2.45) is 0 Å². The zero-order valence-electron chi connectivity index (χ0n) is 5.26. The average molecular weight is 116 g/mol. The number of nitrogens with zero attached hydrogens (tertiary/aromatic N) is 2. The molecule has 0 aromatic carbocycles. The molecule has 1 heterocycles. The van der Waals surface area contributed by atoms with Gasteiger partial charge in [0.25, 0.3) is 0 Å². The Morgan fingerprint density at radius 3 is 1.75 bits per heavy atom. The van der Waals surface area contributed by atoms with Gasteiger partial charge in [0.1, 0.15) is 0 Å². The quantitative estimate of drug-likeness (QED) is 0.405. The van der Waals surface area contributed by atoms with Crippen molar-refractivity contribution in [3.63, 3.8) is 0 Å². The fraction of sp³-hybridized carbons (Fsp3) is 1.00. The molecule has 0 aromatic rings. The third kappa shape index (κ3) is 0.857. The van der Waals surface area contributed by atoms with Crippen molar-refractivity contribution in [1.29, 1.82) is 0 Å². The minimum Gasteiger partial charge on any atom is -0.300 e. The van der Waals surface area contributed by atoms with E-state index in [0.717, 1.165) is 13.1 Å². The highest BCUT2D eigenvalue weighted by Gasteiger charge is 2.32. The maximum atomic E-state index is 12.6. The minimum absolute atomic E-state index is 0.845. The van der Waals surface area contributed by atoms with Crippen molar-refractivity contribution >= 4 is 7.26 Å². The summed E-state index contributed by atoms with van der Waals surface area (Å²) in [6.45, 7) is 1.69. The summed E-state index contributed by atoms with van der Waals surface area (Å²) in [6.07, 6.45) is 0. The van der Waals surface area contributed by atoms with Gasteiger partial charge in [-0.1, -0.05) is 0 Å². The fourth-order valence-electron chi connectivity index (χ4n) is 0.865. The summed E-state index contributed by atoms with van der Waals surface area (Å²) in [5.74, 6) is 0. The molecule has 0 bridgehead atoms. The van der Waals surface area contributed by atoms with E-state index >= 15 is 0 Å². The topological polar surface area (TPSA) is 6.48 Å². The van der Waals surface area contributed by atoms with E-state index in [-0.39, 0.29) is 0 Å². The molecule has 0 unspecified atom stereocenters. The summed E-state index contributed by atoms with van der Waals surface area (Å²) >= 11 is 0. The van der Waals surface area contributed by atoms with Crippen molar-refractivity contribution in [1.82, 2.24) is 9.62 Å². The Hall–Kier alpha value is -0.0851. The Morgan fingerprint density at radius 2 is 1.62 bits per heavy atom. The van der Waals surface area contributed by atoms with Gasteiger partial charge in [0.15, 0.2) is 0 Å². The predicted octanol–water partition coefficient (Wildman–Crippen LogP) is -0.182. The van der Waals surface area contributed by atoms with E-state index in [1.54, 1.807) is 23.7 Å². The van der Waals surface area contributed by atoms with Crippen LogP contribution in [0.4, 0.5) is 4.32 Å². The van der Waals surface area contributed by atoms with Crippen LogP contribution in [0.15, 0.2) is 0 Å². The van der Waals surface area contributed by atoms with Crippen LogP contribution in [0.3, 0.4) is 0 Å². The Kier molecular flexibility index (Phi) is 1.53. The molecule has 0 aromatic heterocycles. The zero-order chi connectivity index (χ0) is 6.15. The van der Waals surface area contributed by atoms with Crippen molar-refractivity contribution in [2.45, 2.75) is 0 Å². The lowest BCUT2D eigenvalue weighted by atomic mass is 10.1. The first-order valence-electron chi connectivity index (χ1n) is 2.76. The van der Waals surface area contributed by atoms with Crippen molar-refractivity contribution < 1.29 is 4.32 Å². The first-order valence-corrected chi connectivity index (χ1v) is 2.76. The highest BCUT2D eigenvalue weighted by atomic mass is 19.1. The van der Waals surface area contributed by atoms with Crippen LogP contribution in [0.5, 0.6) is 0 Å². The van der Waals surface area contributed by atoms with Gasteiger partial charge in [0.2, 0.25) is 0 Å². The molecule has 0 spiro atoms. The van der Waals surface area contributed by atoms with Gasteiger partial charge in [0.05, 0.1) is 0 Å². The van der Waals surface area contributed by atoms with E-state index in [9.17, 15) is 4.32 Å². The fourth-order valence-corrected chi connectivity index (χ4v) is 0.865. The molecule has 46 valence electrons. The molecule has 1 saturated heterocycles. The van der Waals surface area contributed by atoms with Crippen LogP contribution in [-0.4, -0.2) is 44.1 Å². The molecule has 0 aliphatic carbocycles. The lowest BCUT2D eigenvalue weighted by molar-refractivity contribution is 0.519. The summed E-state index contributed by atoms with van der Waals surface area (Å²) in [5, 5.41) is 0. The highest BCUT2D eigenvalue weighted by Crippen LogP contribution is 2.04. The monoisotopic (exact) mass is 116 g/mol. The molecular formula is C4H10BFN2. The van der Waals surface area contributed by atoms with E-state index in [1.807, 2.05) is 0 Å². The van der Waals surface area contributed by atoms with E-state index in [1.165, 1.54) is 0 Å². The van der Waals surface area contributed by atoms with Gasteiger partial charge < -0.3 is 9.62 Å². The molecule has 1 rings (SSSR count). The van der Waals surface area contributed by atoms with E-state index < -0.39 is 7.26 Å². The summed E-state index contributed by atoms with van der Waals surface area (Å²) in [6, 6.07) is 0. The second kappa shape index (κ2) is 2.03. The van der Waals surface area contributed by atoms with Gasteiger partial charge in [0, 0.05) is 13.1 Å². The largest absolute Gasteiger partial charge is 0.520 e. The first kappa shape index (κ1) is 6.04. The van der Waals surface area contributed by atoms with Crippen LogP contribution in [0, 0.1) is 0 Å². The summed E-state index contributed by atoms with van der Waals surface area (Å²) in [7, 11) is 2.72. The number of rotatable bonds is 0. The van der Waals surface area contributed by atoms with Crippen molar-refractivity contribution in [2.75, 3.05) is 27.2 Å². The molecule has 0 amide bonds. The zero-order valence-corrected chi connectivity index (χ0v) is 5.26. The Balaban J connectivity index is 2.44. The van der Waals surface area contributed by atoms with Crippen LogP contribution in [0.1, 0.15) is 0 Å². The smallest absolute Gasteiger partial charge is 0.300 e. The second-order valence-electron chi connectivity index (χ2n) is 2.27. The molecule has 0 atom stereocenters.